The zero-order chi connectivity index (χ0) is 22.3. The number of carbonyl (C=O) groups excluding carboxylic acids is 1. The van der Waals surface area contributed by atoms with Crippen molar-refractivity contribution in [3.63, 3.8) is 0 Å². The molecule has 1 amide bonds. The molecule has 2 N–H and O–H groups in total. The van der Waals surface area contributed by atoms with Crippen molar-refractivity contribution in [2.24, 2.45) is 23.7 Å². The third-order valence-corrected chi connectivity index (χ3v) is 10.3. The highest BCUT2D eigenvalue weighted by Gasteiger charge is 2.53. The summed E-state index contributed by atoms with van der Waals surface area (Å²) in [6.45, 7) is 0.808. The van der Waals surface area contributed by atoms with E-state index in [1.807, 2.05) is 18.2 Å². The molecule has 3 bridgehead atoms. The van der Waals surface area contributed by atoms with Crippen LogP contribution in [0.15, 0.2) is 24.4 Å². The van der Waals surface area contributed by atoms with Crippen molar-refractivity contribution in [3.8, 4) is 0 Å². The first-order chi connectivity index (χ1) is 15.3. The number of aryl methyl sites for hydroxylation is 1. The van der Waals surface area contributed by atoms with E-state index in [1.165, 1.54) is 6.42 Å². The lowest BCUT2D eigenvalue weighted by atomic mass is 9.77. The van der Waals surface area contributed by atoms with Gasteiger partial charge in [0, 0.05) is 43.4 Å². The molecule has 32 heavy (non-hydrogen) atoms. The number of piperidine rings is 1. The minimum Gasteiger partial charge on any atom is -0.390 e. The molecule has 0 spiro atoms. The smallest absolute Gasteiger partial charge is 0.223 e. The predicted molar refractivity (Wildman–Crippen MR) is 121 cm³/mol. The van der Waals surface area contributed by atoms with E-state index < -0.39 is 15.6 Å². The summed E-state index contributed by atoms with van der Waals surface area (Å²) in [5.41, 5.74) is 0.276. The molecule has 7 nitrogen and oxygen atoms in total. The Morgan fingerprint density at radius 3 is 2.72 bits per heavy atom. The first kappa shape index (κ1) is 22.3. The van der Waals surface area contributed by atoms with Crippen molar-refractivity contribution in [3.05, 3.63) is 30.1 Å². The summed E-state index contributed by atoms with van der Waals surface area (Å²) < 4.78 is 27.1. The lowest BCUT2D eigenvalue weighted by Gasteiger charge is -2.34. The Kier molecular flexibility index (Phi) is 6.05. The van der Waals surface area contributed by atoms with Gasteiger partial charge in [-0.25, -0.2) is 12.7 Å². The van der Waals surface area contributed by atoms with E-state index in [-0.39, 0.29) is 23.6 Å². The second kappa shape index (κ2) is 8.69. The predicted octanol–water partition coefficient (Wildman–Crippen LogP) is 2.11. The quantitative estimate of drug-likeness (QED) is 0.676. The van der Waals surface area contributed by atoms with Crippen LogP contribution in [-0.4, -0.2) is 59.2 Å². The SMILES string of the molecule is O=C(NC1CCC2CC3CC(O)(C2)CC31)C1CCN(S(=O)(=O)CCc2ccccn2)CC1. The summed E-state index contributed by atoms with van der Waals surface area (Å²) in [5.74, 6) is 1.54. The molecule has 5 atom stereocenters. The van der Waals surface area contributed by atoms with Crippen molar-refractivity contribution in [1.29, 1.82) is 0 Å². The average molecular weight is 462 g/mol. The number of aromatic nitrogens is 1. The monoisotopic (exact) mass is 461 g/mol. The highest BCUT2D eigenvalue weighted by atomic mass is 32.2. The third-order valence-electron chi connectivity index (χ3n) is 8.46. The van der Waals surface area contributed by atoms with Gasteiger partial charge in [-0.2, -0.15) is 0 Å². The van der Waals surface area contributed by atoms with Crippen molar-refractivity contribution >= 4 is 15.9 Å². The molecule has 1 aromatic heterocycles. The van der Waals surface area contributed by atoms with Gasteiger partial charge in [0.25, 0.3) is 0 Å². The summed E-state index contributed by atoms with van der Waals surface area (Å²) in [6.07, 6.45) is 9.19. The molecule has 3 aliphatic carbocycles. The van der Waals surface area contributed by atoms with E-state index in [0.717, 1.165) is 37.8 Å². The summed E-state index contributed by atoms with van der Waals surface area (Å²) >= 11 is 0. The number of rotatable bonds is 6. The molecule has 1 aliphatic heterocycles. The van der Waals surface area contributed by atoms with E-state index in [2.05, 4.69) is 10.3 Å². The van der Waals surface area contributed by atoms with Crippen molar-refractivity contribution in [2.75, 3.05) is 18.8 Å². The summed E-state index contributed by atoms with van der Waals surface area (Å²) in [6, 6.07) is 5.69. The van der Waals surface area contributed by atoms with Crippen LogP contribution in [0.1, 0.15) is 57.1 Å². The topological polar surface area (TPSA) is 99.6 Å². The van der Waals surface area contributed by atoms with Gasteiger partial charge in [-0.1, -0.05) is 6.07 Å². The Morgan fingerprint density at radius 2 is 1.97 bits per heavy atom. The Hall–Kier alpha value is -1.51. The number of nitrogens with zero attached hydrogens (tertiary/aromatic N) is 2. The molecule has 8 heteroatoms. The Bertz CT molecular complexity index is 932. The van der Waals surface area contributed by atoms with Gasteiger partial charge >= 0.3 is 0 Å². The molecule has 4 fully saturated rings. The van der Waals surface area contributed by atoms with Crippen molar-refractivity contribution in [2.45, 2.75) is 69.4 Å². The molecular weight excluding hydrogens is 426 g/mol. The van der Waals surface area contributed by atoms with Crippen LogP contribution in [0.25, 0.3) is 0 Å². The fourth-order valence-corrected chi connectivity index (χ4v) is 8.40. The number of carbonyl (C=O) groups is 1. The maximum absolute atomic E-state index is 13.1. The average Bonchev–Trinajstić information content (AvgIpc) is 2.97. The second-order valence-corrected chi connectivity index (χ2v) is 12.7. The Morgan fingerprint density at radius 1 is 1.16 bits per heavy atom. The van der Waals surface area contributed by atoms with E-state index in [1.54, 1.807) is 10.5 Å². The zero-order valence-corrected chi connectivity index (χ0v) is 19.5. The molecule has 4 aliphatic rings. The highest BCUT2D eigenvalue weighted by molar-refractivity contribution is 7.89. The maximum Gasteiger partial charge on any atom is 0.223 e. The maximum atomic E-state index is 13.1. The molecule has 1 saturated heterocycles. The molecule has 0 radical (unpaired) electrons. The number of aliphatic hydroxyl groups is 1. The number of pyridine rings is 1. The summed E-state index contributed by atoms with van der Waals surface area (Å²) in [7, 11) is -3.35. The number of hydrogen-bond donors (Lipinski definition) is 2. The molecule has 5 unspecified atom stereocenters. The van der Waals surface area contributed by atoms with E-state index >= 15 is 0 Å². The van der Waals surface area contributed by atoms with Crippen LogP contribution in [0, 0.1) is 23.7 Å². The minimum atomic E-state index is -3.35. The van der Waals surface area contributed by atoms with Crippen molar-refractivity contribution < 1.29 is 18.3 Å². The molecule has 176 valence electrons. The van der Waals surface area contributed by atoms with Crippen LogP contribution in [0.2, 0.25) is 0 Å². The minimum absolute atomic E-state index is 0.0517. The van der Waals surface area contributed by atoms with Crippen LogP contribution in [-0.2, 0) is 21.2 Å². The molecule has 3 saturated carbocycles. The van der Waals surface area contributed by atoms with Gasteiger partial charge in [-0.05, 0) is 81.3 Å². The van der Waals surface area contributed by atoms with Gasteiger partial charge in [0.1, 0.15) is 0 Å². The van der Waals surface area contributed by atoms with Crippen LogP contribution in [0.4, 0.5) is 0 Å². The first-order valence-electron chi connectivity index (χ1n) is 12.2. The third kappa shape index (κ3) is 4.59. The molecule has 2 heterocycles. The molecule has 0 aromatic carbocycles. The van der Waals surface area contributed by atoms with E-state index in [4.69, 9.17) is 0 Å². The van der Waals surface area contributed by atoms with Gasteiger partial charge in [-0.3, -0.25) is 9.78 Å². The number of nitrogens with one attached hydrogen (secondary N) is 1. The van der Waals surface area contributed by atoms with E-state index in [9.17, 15) is 18.3 Å². The fourth-order valence-electron chi connectivity index (χ4n) is 6.91. The van der Waals surface area contributed by atoms with Gasteiger partial charge in [0.15, 0.2) is 0 Å². The van der Waals surface area contributed by atoms with E-state index in [0.29, 0.717) is 50.1 Å². The van der Waals surface area contributed by atoms with Gasteiger partial charge < -0.3 is 10.4 Å². The second-order valence-electron chi connectivity index (χ2n) is 10.6. The zero-order valence-electron chi connectivity index (χ0n) is 18.7. The van der Waals surface area contributed by atoms with Gasteiger partial charge in [-0.15, -0.1) is 0 Å². The molecule has 1 aromatic rings. The summed E-state index contributed by atoms with van der Waals surface area (Å²) in [4.78, 5) is 17.3. The van der Waals surface area contributed by atoms with Crippen LogP contribution in [0.5, 0.6) is 0 Å². The van der Waals surface area contributed by atoms with Crippen molar-refractivity contribution in [1.82, 2.24) is 14.6 Å². The van der Waals surface area contributed by atoms with Crippen LogP contribution in [0.3, 0.4) is 0 Å². The number of sulfonamides is 1. The fraction of sp³-hybridized carbons (Fsp3) is 0.750. The lowest BCUT2D eigenvalue weighted by Crippen LogP contribution is -2.48. The van der Waals surface area contributed by atoms with Crippen LogP contribution < -0.4 is 5.32 Å². The highest BCUT2D eigenvalue weighted by Crippen LogP contribution is 2.55. The van der Waals surface area contributed by atoms with Gasteiger partial charge in [0.05, 0.1) is 11.4 Å². The first-order valence-corrected chi connectivity index (χ1v) is 13.8. The molecule has 5 rings (SSSR count). The molecular formula is C24H35N3O4S. The largest absolute Gasteiger partial charge is 0.390 e. The normalized spacial score (nSPS) is 35.5. The number of fused-ring (bicyclic) bond motifs is 2. The summed E-state index contributed by atoms with van der Waals surface area (Å²) in [5, 5.41) is 14.2. The number of amides is 1. The number of hydrogen-bond acceptors (Lipinski definition) is 5. The van der Waals surface area contributed by atoms with Crippen LogP contribution >= 0.6 is 0 Å². The standard InChI is InChI=1S/C24H35N3O4S/c28-23(26-22-5-4-17-13-19-15-24(29,14-17)16-21(19)22)18-6-10-27(11-7-18)32(30,31)12-8-20-3-1-2-9-25-20/h1-3,9,17-19,21-22,29H,4-8,10-16H2,(H,26,28). The lowest BCUT2D eigenvalue weighted by molar-refractivity contribution is -0.127. The van der Waals surface area contributed by atoms with Gasteiger partial charge in [0.2, 0.25) is 15.9 Å². The Balaban J connectivity index is 1.13. The Labute approximate surface area is 191 Å².